The molecule has 0 radical (unpaired) electrons. The van der Waals surface area contributed by atoms with Gasteiger partial charge >= 0.3 is 0 Å². The number of nitrogens with one attached hydrogen (secondary N) is 3. The van der Waals surface area contributed by atoms with E-state index in [0.717, 1.165) is 23.4 Å². The molecular formula is C26H29N3O3. The predicted octanol–water partition coefficient (Wildman–Crippen LogP) is 5.02. The highest BCUT2D eigenvalue weighted by Gasteiger charge is 2.12. The SMILES string of the molecule is CCCOc1cccc(NCC(=O)Nc2cccc(C(=O)NC(C)c3ccccc3)c2)c1. The maximum atomic E-state index is 12.6. The lowest BCUT2D eigenvalue weighted by Gasteiger charge is -2.15. The van der Waals surface area contributed by atoms with Gasteiger partial charge in [0.05, 0.1) is 19.2 Å². The standard InChI is InChI=1S/C26H29N3O3/c1-3-15-32-24-14-8-12-22(17-24)27-18-25(30)29-23-13-7-11-21(16-23)26(31)28-19(2)20-9-5-4-6-10-20/h4-14,16-17,19,27H,3,15,18H2,1-2H3,(H,28,31)(H,29,30). The first-order valence-corrected chi connectivity index (χ1v) is 10.8. The maximum absolute atomic E-state index is 12.6. The first kappa shape index (κ1) is 22.9. The summed E-state index contributed by atoms with van der Waals surface area (Å²) in [6.45, 7) is 4.73. The molecule has 1 unspecified atom stereocenters. The van der Waals surface area contributed by atoms with Gasteiger partial charge in [0.15, 0.2) is 0 Å². The summed E-state index contributed by atoms with van der Waals surface area (Å²) in [5.41, 5.74) is 2.88. The smallest absolute Gasteiger partial charge is 0.251 e. The van der Waals surface area contributed by atoms with Crippen LogP contribution in [0, 0.1) is 0 Å². The van der Waals surface area contributed by atoms with Crippen molar-refractivity contribution in [3.63, 3.8) is 0 Å². The Bertz CT molecular complexity index is 1040. The average Bonchev–Trinajstić information content (AvgIpc) is 2.82. The normalized spacial score (nSPS) is 11.3. The predicted molar refractivity (Wildman–Crippen MR) is 128 cm³/mol. The second kappa shape index (κ2) is 11.6. The van der Waals surface area contributed by atoms with Crippen LogP contribution < -0.4 is 20.7 Å². The molecule has 166 valence electrons. The molecule has 0 fully saturated rings. The summed E-state index contributed by atoms with van der Waals surface area (Å²) in [4.78, 5) is 25.0. The summed E-state index contributed by atoms with van der Waals surface area (Å²) in [5, 5.41) is 8.90. The van der Waals surface area contributed by atoms with E-state index in [-0.39, 0.29) is 24.4 Å². The van der Waals surface area contributed by atoms with Gasteiger partial charge in [0, 0.05) is 23.0 Å². The van der Waals surface area contributed by atoms with Gasteiger partial charge in [0.1, 0.15) is 5.75 Å². The molecule has 0 aliphatic rings. The first-order chi connectivity index (χ1) is 15.5. The van der Waals surface area contributed by atoms with E-state index >= 15 is 0 Å². The second-order valence-corrected chi connectivity index (χ2v) is 7.46. The minimum absolute atomic E-state index is 0.0959. The number of carbonyl (C=O) groups is 2. The first-order valence-electron chi connectivity index (χ1n) is 10.8. The third kappa shape index (κ3) is 6.87. The van der Waals surface area contributed by atoms with Gasteiger partial charge in [-0.15, -0.1) is 0 Å². The molecule has 1 atom stereocenters. The highest BCUT2D eigenvalue weighted by atomic mass is 16.5. The number of carbonyl (C=O) groups excluding carboxylic acids is 2. The lowest BCUT2D eigenvalue weighted by atomic mass is 10.1. The lowest BCUT2D eigenvalue weighted by Crippen LogP contribution is -2.27. The van der Waals surface area contributed by atoms with Crippen molar-refractivity contribution in [2.24, 2.45) is 0 Å². The third-order valence-corrected chi connectivity index (χ3v) is 4.82. The summed E-state index contributed by atoms with van der Waals surface area (Å²) in [7, 11) is 0. The van der Waals surface area contributed by atoms with Gasteiger partial charge in [0.2, 0.25) is 5.91 Å². The molecular weight excluding hydrogens is 402 g/mol. The zero-order valence-electron chi connectivity index (χ0n) is 18.4. The molecule has 2 amide bonds. The van der Waals surface area contributed by atoms with Crippen molar-refractivity contribution in [3.05, 3.63) is 90.0 Å². The van der Waals surface area contributed by atoms with E-state index in [2.05, 4.69) is 22.9 Å². The summed E-state index contributed by atoms with van der Waals surface area (Å²) < 4.78 is 5.61. The Morgan fingerprint density at radius 1 is 0.906 bits per heavy atom. The summed E-state index contributed by atoms with van der Waals surface area (Å²) in [6.07, 6.45) is 0.933. The van der Waals surface area contributed by atoms with Gasteiger partial charge in [-0.2, -0.15) is 0 Å². The van der Waals surface area contributed by atoms with Crippen molar-refractivity contribution in [3.8, 4) is 5.75 Å². The van der Waals surface area contributed by atoms with Crippen LogP contribution >= 0.6 is 0 Å². The van der Waals surface area contributed by atoms with Gasteiger partial charge in [-0.05, 0) is 49.2 Å². The van der Waals surface area contributed by atoms with Crippen molar-refractivity contribution in [1.29, 1.82) is 0 Å². The molecule has 3 aromatic carbocycles. The number of rotatable bonds is 10. The molecule has 3 aromatic rings. The van der Waals surface area contributed by atoms with Gasteiger partial charge in [-0.3, -0.25) is 9.59 Å². The van der Waals surface area contributed by atoms with Gasteiger partial charge in [-0.1, -0.05) is 49.4 Å². The van der Waals surface area contributed by atoms with Crippen molar-refractivity contribution in [1.82, 2.24) is 5.32 Å². The minimum Gasteiger partial charge on any atom is -0.494 e. The summed E-state index contributed by atoms with van der Waals surface area (Å²) >= 11 is 0. The van der Waals surface area contributed by atoms with Crippen LogP contribution in [0.15, 0.2) is 78.9 Å². The molecule has 3 N–H and O–H groups in total. The summed E-state index contributed by atoms with van der Waals surface area (Å²) in [6, 6.07) is 24.1. The molecule has 0 heterocycles. The Morgan fingerprint density at radius 3 is 2.44 bits per heavy atom. The van der Waals surface area contributed by atoms with Crippen LogP contribution in [-0.2, 0) is 4.79 Å². The summed E-state index contributed by atoms with van der Waals surface area (Å²) in [5.74, 6) is 0.361. The second-order valence-electron chi connectivity index (χ2n) is 7.46. The van der Waals surface area contributed by atoms with Crippen LogP contribution in [0.2, 0.25) is 0 Å². The van der Waals surface area contributed by atoms with Crippen LogP contribution in [-0.4, -0.2) is 25.0 Å². The van der Waals surface area contributed by atoms with Gasteiger partial charge in [-0.25, -0.2) is 0 Å². The van der Waals surface area contributed by atoms with E-state index < -0.39 is 0 Å². The quantitative estimate of drug-likeness (QED) is 0.421. The largest absolute Gasteiger partial charge is 0.494 e. The van der Waals surface area contributed by atoms with E-state index in [4.69, 9.17) is 4.74 Å². The number of ether oxygens (including phenoxy) is 1. The van der Waals surface area contributed by atoms with Crippen molar-refractivity contribution in [2.45, 2.75) is 26.3 Å². The highest BCUT2D eigenvalue weighted by molar-refractivity contribution is 5.98. The molecule has 0 aliphatic carbocycles. The van der Waals surface area contributed by atoms with Gasteiger partial charge < -0.3 is 20.7 Å². The molecule has 6 nitrogen and oxygen atoms in total. The average molecular weight is 432 g/mol. The Labute approximate surface area is 189 Å². The molecule has 0 bridgehead atoms. The van der Waals surface area contributed by atoms with E-state index in [0.29, 0.717) is 17.9 Å². The number of amides is 2. The molecule has 0 saturated heterocycles. The Kier molecular flexibility index (Phi) is 8.26. The van der Waals surface area contributed by atoms with E-state index in [1.807, 2.05) is 61.5 Å². The number of hydrogen-bond acceptors (Lipinski definition) is 4. The van der Waals surface area contributed by atoms with E-state index in [1.165, 1.54) is 0 Å². The van der Waals surface area contributed by atoms with Crippen molar-refractivity contribution < 1.29 is 14.3 Å². The van der Waals surface area contributed by atoms with Gasteiger partial charge in [0.25, 0.3) is 5.91 Å². The zero-order valence-corrected chi connectivity index (χ0v) is 18.4. The highest BCUT2D eigenvalue weighted by Crippen LogP contribution is 2.18. The Morgan fingerprint density at radius 2 is 1.66 bits per heavy atom. The molecule has 6 heteroatoms. The molecule has 32 heavy (non-hydrogen) atoms. The van der Waals surface area contributed by atoms with Crippen LogP contribution in [0.5, 0.6) is 5.75 Å². The molecule has 0 saturated carbocycles. The fourth-order valence-corrected chi connectivity index (χ4v) is 3.15. The third-order valence-electron chi connectivity index (χ3n) is 4.82. The fraction of sp³-hybridized carbons (Fsp3) is 0.231. The maximum Gasteiger partial charge on any atom is 0.251 e. The number of hydrogen-bond donors (Lipinski definition) is 3. The molecule has 0 aromatic heterocycles. The Balaban J connectivity index is 1.53. The van der Waals surface area contributed by atoms with Crippen molar-refractivity contribution >= 4 is 23.2 Å². The lowest BCUT2D eigenvalue weighted by molar-refractivity contribution is -0.114. The van der Waals surface area contributed by atoms with Crippen LogP contribution in [0.3, 0.4) is 0 Å². The topological polar surface area (TPSA) is 79.5 Å². The molecule has 3 rings (SSSR count). The Hall–Kier alpha value is -3.80. The van der Waals surface area contributed by atoms with E-state index in [1.54, 1.807) is 24.3 Å². The van der Waals surface area contributed by atoms with Crippen LogP contribution in [0.4, 0.5) is 11.4 Å². The molecule has 0 spiro atoms. The number of anilines is 2. The van der Waals surface area contributed by atoms with Crippen LogP contribution in [0.1, 0.15) is 42.2 Å². The number of benzene rings is 3. The zero-order chi connectivity index (χ0) is 22.8. The molecule has 0 aliphatic heterocycles. The van der Waals surface area contributed by atoms with E-state index in [9.17, 15) is 9.59 Å². The minimum atomic E-state index is -0.208. The van der Waals surface area contributed by atoms with Crippen LogP contribution in [0.25, 0.3) is 0 Å². The monoisotopic (exact) mass is 431 g/mol. The van der Waals surface area contributed by atoms with Crippen molar-refractivity contribution in [2.75, 3.05) is 23.8 Å². The fourth-order valence-electron chi connectivity index (χ4n) is 3.15.